The van der Waals surface area contributed by atoms with Gasteiger partial charge < -0.3 is 5.32 Å². The van der Waals surface area contributed by atoms with Gasteiger partial charge in [0.2, 0.25) is 5.91 Å². The molecular weight excluding hydrogens is 248 g/mol. The van der Waals surface area contributed by atoms with Crippen molar-refractivity contribution in [3.05, 3.63) is 22.4 Å². The van der Waals surface area contributed by atoms with Crippen molar-refractivity contribution in [1.82, 2.24) is 10.2 Å². The first-order chi connectivity index (χ1) is 8.63. The molecule has 0 saturated carbocycles. The molecule has 1 heterocycles. The van der Waals surface area contributed by atoms with Gasteiger partial charge in [-0.2, -0.15) is 0 Å². The molecule has 5 heteroatoms. The number of thiophene rings is 1. The zero-order valence-electron chi connectivity index (χ0n) is 10.9. The number of nitrogens with one attached hydrogen (secondary N) is 1. The maximum absolute atomic E-state index is 11.7. The van der Waals surface area contributed by atoms with Crippen LogP contribution in [-0.2, 0) is 4.79 Å². The van der Waals surface area contributed by atoms with Gasteiger partial charge in [0.05, 0.1) is 11.4 Å². The van der Waals surface area contributed by atoms with Gasteiger partial charge in [-0.15, -0.1) is 11.3 Å². The second-order valence-electron chi connectivity index (χ2n) is 4.20. The van der Waals surface area contributed by atoms with Crippen molar-refractivity contribution in [1.29, 1.82) is 0 Å². The molecule has 0 spiro atoms. The fourth-order valence-corrected chi connectivity index (χ4v) is 2.34. The monoisotopic (exact) mass is 268 g/mol. The van der Waals surface area contributed by atoms with Crippen LogP contribution in [0.4, 0.5) is 0 Å². The lowest BCUT2D eigenvalue weighted by Crippen LogP contribution is -2.35. The van der Waals surface area contributed by atoms with Crippen LogP contribution in [0.5, 0.6) is 0 Å². The first kappa shape index (κ1) is 14.9. The molecule has 1 rings (SSSR count). The average molecular weight is 268 g/mol. The van der Waals surface area contributed by atoms with Crippen LogP contribution < -0.4 is 5.32 Å². The highest BCUT2D eigenvalue weighted by Crippen LogP contribution is 2.12. The van der Waals surface area contributed by atoms with Gasteiger partial charge in [0.15, 0.2) is 5.78 Å². The summed E-state index contributed by atoms with van der Waals surface area (Å²) in [5, 5.41) is 4.66. The van der Waals surface area contributed by atoms with Crippen LogP contribution >= 0.6 is 11.3 Å². The third-order valence-electron chi connectivity index (χ3n) is 2.53. The van der Waals surface area contributed by atoms with Crippen molar-refractivity contribution in [2.45, 2.75) is 19.8 Å². The molecule has 4 nitrogen and oxygen atoms in total. The summed E-state index contributed by atoms with van der Waals surface area (Å²) in [5.74, 6) is 0.223. The number of hydrogen-bond acceptors (Lipinski definition) is 4. The lowest BCUT2D eigenvalue weighted by Gasteiger charge is -2.15. The zero-order chi connectivity index (χ0) is 13.4. The summed E-state index contributed by atoms with van der Waals surface area (Å²) in [6.07, 6.45) is 1.33. The van der Waals surface area contributed by atoms with Crippen LogP contribution in [0.3, 0.4) is 0 Å². The highest BCUT2D eigenvalue weighted by atomic mass is 32.1. The Morgan fingerprint density at radius 3 is 2.83 bits per heavy atom. The Morgan fingerprint density at radius 2 is 2.22 bits per heavy atom. The van der Waals surface area contributed by atoms with Crippen molar-refractivity contribution in [3.63, 3.8) is 0 Å². The third-order valence-corrected chi connectivity index (χ3v) is 3.44. The molecule has 0 bridgehead atoms. The molecule has 0 radical (unpaired) electrons. The molecule has 0 atom stereocenters. The Morgan fingerprint density at radius 1 is 1.44 bits per heavy atom. The molecule has 0 aliphatic heterocycles. The van der Waals surface area contributed by atoms with Gasteiger partial charge in [0, 0.05) is 13.0 Å². The van der Waals surface area contributed by atoms with Gasteiger partial charge in [-0.1, -0.05) is 6.07 Å². The standard InChI is InChI=1S/C13H20N2O2S/c1-3-14-13(17)10-15(2)8-4-6-11(16)12-7-5-9-18-12/h5,7,9H,3-4,6,8,10H2,1-2H3,(H,14,17). The van der Waals surface area contributed by atoms with Crippen LogP contribution in [0, 0.1) is 0 Å². The molecular formula is C13H20N2O2S. The van der Waals surface area contributed by atoms with E-state index < -0.39 is 0 Å². The molecule has 0 aliphatic rings. The lowest BCUT2D eigenvalue weighted by molar-refractivity contribution is -0.121. The Hall–Kier alpha value is -1.20. The molecule has 1 aromatic heterocycles. The molecule has 0 aromatic carbocycles. The second-order valence-corrected chi connectivity index (χ2v) is 5.14. The van der Waals surface area contributed by atoms with E-state index in [1.807, 2.05) is 36.4 Å². The molecule has 1 amide bonds. The van der Waals surface area contributed by atoms with Crippen molar-refractivity contribution in [2.75, 3.05) is 26.7 Å². The quantitative estimate of drug-likeness (QED) is 0.731. The maximum Gasteiger partial charge on any atom is 0.234 e. The Kier molecular flexibility index (Phi) is 6.60. The largest absolute Gasteiger partial charge is 0.355 e. The van der Waals surface area contributed by atoms with Crippen LogP contribution in [-0.4, -0.2) is 43.3 Å². The van der Waals surface area contributed by atoms with E-state index in [1.165, 1.54) is 11.3 Å². The third kappa shape index (κ3) is 5.42. The van der Waals surface area contributed by atoms with Crippen LogP contribution in [0.1, 0.15) is 29.4 Å². The number of carbonyl (C=O) groups is 2. The van der Waals surface area contributed by atoms with E-state index in [0.29, 0.717) is 19.5 Å². The summed E-state index contributed by atoms with van der Waals surface area (Å²) in [4.78, 5) is 25.8. The fraction of sp³-hybridized carbons (Fsp3) is 0.538. The Labute approximate surface area is 112 Å². The lowest BCUT2D eigenvalue weighted by atomic mass is 10.2. The Bertz CT molecular complexity index is 376. The van der Waals surface area contributed by atoms with Crippen LogP contribution in [0.2, 0.25) is 0 Å². The molecule has 0 unspecified atom stereocenters. The summed E-state index contributed by atoms with van der Waals surface area (Å²) >= 11 is 1.48. The minimum atomic E-state index is 0.0320. The van der Waals surface area contributed by atoms with Crippen LogP contribution in [0.15, 0.2) is 17.5 Å². The second kappa shape index (κ2) is 8.00. The normalized spacial score (nSPS) is 10.6. The van der Waals surface area contributed by atoms with Crippen LogP contribution in [0.25, 0.3) is 0 Å². The van der Waals surface area contributed by atoms with Crippen molar-refractivity contribution < 1.29 is 9.59 Å². The van der Waals surface area contributed by atoms with Gasteiger partial charge in [-0.3, -0.25) is 14.5 Å². The van der Waals surface area contributed by atoms with Gasteiger partial charge >= 0.3 is 0 Å². The predicted octanol–water partition coefficient (Wildman–Crippen LogP) is 1.78. The summed E-state index contributed by atoms with van der Waals surface area (Å²) in [5.41, 5.74) is 0. The molecule has 0 aliphatic carbocycles. The Balaban J connectivity index is 2.17. The summed E-state index contributed by atoms with van der Waals surface area (Å²) < 4.78 is 0. The average Bonchev–Trinajstić information content (AvgIpc) is 2.82. The number of likely N-dealkylation sites (N-methyl/N-ethyl adjacent to an activating group) is 2. The molecule has 0 saturated heterocycles. The SMILES string of the molecule is CCNC(=O)CN(C)CCCC(=O)c1cccs1. The number of ketones is 1. The highest BCUT2D eigenvalue weighted by molar-refractivity contribution is 7.12. The molecule has 0 fully saturated rings. The van der Waals surface area contributed by atoms with Gasteiger partial charge in [0.1, 0.15) is 0 Å². The maximum atomic E-state index is 11.7. The number of amides is 1. The fourth-order valence-electron chi connectivity index (χ4n) is 1.65. The van der Waals surface area contributed by atoms with Crippen molar-refractivity contribution in [2.24, 2.45) is 0 Å². The van der Waals surface area contributed by atoms with E-state index in [1.54, 1.807) is 0 Å². The summed E-state index contributed by atoms with van der Waals surface area (Å²) in [6.45, 7) is 3.70. The van der Waals surface area contributed by atoms with Crippen molar-refractivity contribution in [3.8, 4) is 0 Å². The number of Topliss-reactive ketones (excluding diaryl/α,β-unsaturated/α-hetero) is 1. The predicted molar refractivity (Wildman–Crippen MR) is 74.1 cm³/mol. The van der Waals surface area contributed by atoms with Crippen molar-refractivity contribution >= 4 is 23.0 Å². The van der Waals surface area contributed by atoms with E-state index in [2.05, 4.69) is 5.32 Å². The zero-order valence-corrected chi connectivity index (χ0v) is 11.8. The highest BCUT2D eigenvalue weighted by Gasteiger charge is 2.08. The van der Waals surface area contributed by atoms with Gasteiger partial charge in [0.25, 0.3) is 0 Å². The molecule has 1 N–H and O–H groups in total. The molecule has 1 aromatic rings. The molecule has 100 valence electrons. The number of rotatable bonds is 8. The minimum Gasteiger partial charge on any atom is -0.355 e. The first-order valence-electron chi connectivity index (χ1n) is 6.15. The van der Waals surface area contributed by atoms with E-state index >= 15 is 0 Å². The number of nitrogens with zero attached hydrogens (tertiary/aromatic N) is 1. The number of hydrogen-bond donors (Lipinski definition) is 1. The van der Waals surface area contributed by atoms with Gasteiger partial charge in [-0.25, -0.2) is 0 Å². The van der Waals surface area contributed by atoms with E-state index in [4.69, 9.17) is 0 Å². The van der Waals surface area contributed by atoms with E-state index in [-0.39, 0.29) is 11.7 Å². The molecule has 18 heavy (non-hydrogen) atoms. The van der Waals surface area contributed by atoms with E-state index in [0.717, 1.165) is 17.8 Å². The minimum absolute atomic E-state index is 0.0320. The van der Waals surface area contributed by atoms with E-state index in [9.17, 15) is 9.59 Å². The summed E-state index contributed by atoms with van der Waals surface area (Å²) in [7, 11) is 1.89. The number of carbonyl (C=O) groups excluding carboxylic acids is 2. The van der Waals surface area contributed by atoms with Gasteiger partial charge in [-0.05, 0) is 38.4 Å². The first-order valence-corrected chi connectivity index (χ1v) is 7.03. The summed E-state index contributed by atoms with van der Waals surface area (Å²) in [6, 6.07) is 3.74. The smallest absolute Gasteiger partial charge is 0.234 e. The topological polar surface area (TPSA) is 49.4 Å².